The molecule has 0 N–H and O–H groups in total. The molecule has 0 amide bonds. The zero-order valence-corrected chi connectivity index (χ0v) is 31.0. The SMILES string of the molecule is CC/C=C\C/C=C\C/C=C\C/C=C\C/C=C\CC(=O)OCC(COC(=O)CCCCCCCCC)OC(=O)CCCCCCCCCC. The second-order valence-corrected chi connectivity index (χ2v) is 12.5. The number of allylic oxidation sites excluding steroid dienone is 9. The van der Waals surface area contributed by atoms with Crippen LogP contribution in [0.15, 0.2) is 60.8 Å². The van der Waals surface area contributed by atoms with E-state index in [1.165, 1.54) is 57.8 Å². The van der Waals surface area contributed by atoms with Crippen LogP contribution in [0.4, 0.5) is 0 Å². The fourth-order valence-electron chi connectivity index (χ4n) is 4.92. The molecule has 6 nitrogen and oxygen atoms in total. The van der Waals surface area contributed by atoms with Crippen LogP contribution in [0.1, 0.15) is 168 Å². The number of unbranched alkanes of at least 4 members (excludes halogenated alkanes) is 13. The molecule has 0 radical (unpaired) electrons. The summed E-state index contributed by atoms with van der Waals surface area (Å²) in [6.07, 6.45) is 42.5. The maximum absolute atomic E-state index is 12.5. The molecule has 0 rings (SSSR count). The molecule has 0 aliphatic carbocycles. The molecule has 1 atom stereocenters. The summed E-state index contributed by atoms with van der Waals surface area (Å²) >= 11 is 0. The first-order valence-corrected chi connectivity index (χ1v) is 19.3. The van der Waals surface area contributed by atoms with E-state index in [1.54, 1.807) is 6.08 Å². The highest BCUT2D eigenvalue weighted by Gasteiger charge is 2.19. The lowest BCUT2D eigenvalue weighted by atomic mass is 10.1. The fraction of sp³-hybridized carbons (Fsp3) is 0.690. The van der Waals surface area contributed by atoms with Crippen molar-refractivity contribution in [3.63, 3.8) is 0 Å². The van der Waals surface area contributed by atoms with Gasteiger partial charge in [0.05, 0.1) is 6.42 Å². The smallest absolute Gasteiger partial charge is 0.309 e. The van der Waals surface area contributed by atoms with Gasteiger partial charge in [0.1, 0.15) is 13.2 Å². The molecule has 0 aromatic rings. The molecule has 0 bridgehead atoms. The van der Waals surface area contributed by atoms with Gasteiger partial charge in [-0.05, 0) is 44.9 Å². The first kappa shape index (κ1) is 45.1. The molecular weight excluding hydrogens is 600 g/mol. The minimum atomic E-state index is -0.804. The molecule has 274 valence electrons. The quantitative estimate of drug-likeness (QED) is 0.0299. The van der Waals surface area contributed by atoms with Crippen LogP contribution in [0.25, 0.3) is 0 Å². The molecule has 48 heavy (non-hydrogen) atoms. The Labute approximate surface area is 294 Å². The van der Waals surface area contributed by atoms with Crippen molar-refractivity contribution in [1.29, 1.82) is 0 Å². The summed E-state index contributed by atoms with van der Waals surface area (Å²) in [5, 5.41) is 0. The van der Waals surface area contributed by atoms with Gasteiger partial charge >= 0.3 is 17.9 Å². The van der Waals surface area contributed by atoms with Crippen LogP contribution < -0.4 is 0 Å². The van der Waals surface area contributed by atoms with Gasteiger partial charge in [0.2, 0.25) is 0 Å². The number of hydrogen-bond acceptors (Lipinski definition) is 6. The third-order valence-electron chi connectivity index (χ3n) is 7.82. The lowest BCUT2D eigenvalue weighted by Crippen LogP contribution is -2.30. The number of rotatable bonds is 33. The Morgan fingerprint density at radius 3 is 1.27 bits per heavy atom. The van der Waals surface area contributed by atoms with Gasteiger partial charge < -0.3 is 14.2 Å². The molecule has 1 unspecified atom stereocenters. The van der Waals surface area contributed by atoms with E-state index in [-0.39, 0.29) is 31.6 Å². The lowest BCUT2D eigenvalue weighted by molar-refractivity contribution is -0.166. The highest BCUT2D eigenvalue weighted by atomic mass is 16.6. The van der Waals surface area contributed by atoms with E-state index in [0.717, 1.165) is 70.6 Å². The minimum absolute atomic E-state index is 0.104. The third kappa shape index (κ3) is 34.4. The van der Waals surface area contributed by atoms with Gasteiger partial charge in [-0.25, -0.2) is 0 Å². The van der Waals surface area contributed by atoms with E-state index in [1.807, 2.05) is 6.08 Å². The minimum Gasteiger partial charge on any atom is -0.462 e. The zero-order chi connectivity index (χ0) is 35.2. The maximum Gasteiger partial charge on any atom is 0.309 e. The van der Waals surface area contributed by atoms with Gasteiger partial charge in [-0.1, -0.05) is 165 Å². The normalized spacial score (nSPS) is 12.6. The Morgan fingerprint density at radius 2 is 0.812 bits per heavy atom. The second-order valence-electron chi connectivity index (χ2n) is 12.5. The summed E-state index contributed by atoms with van der Waals surface area (Å²) in [5.41, 5.74) is 0. The third-order valence-corrected chi connectivity index (χ3v) is 7.82. The van der Waals surface area contributed by atoms with Crippen LogP contribution in [0.3, 0.4) is 0 Å². The highest BCUT2D eigenvalue weighted by molar-refractivity contribution is 5.72. The number of ether oxygens (including phenoxy) is 3. The van der Waals surface area contributed by atoms with Gasteiger partial charge in [0, 0.05) is 12.8 Å². The van der Waals surface area contributed by atoms with Crippen LogP contribution in [-0.4, -0.2) is 37.2 Å². The average molecular weight is 671 g/mol. The Kier molecular flexibility index (Phi) is 34.7. The van der Waals surface area contributed by atoms with E-state index >= 15 is 0 Å². The summed E-state index contributed by atoms with van der Waals surface area (Å²) in [6.45, 7) is 6.32. The van der Waals surface area contributed by atoms with Gasteiger partial charge in [0.15, 0.2) is 6.10 Å². The molecule has 0 fully saturated rings. The molecule has 0 aromatic heterocycles. The molecular formula is C42H70O6. The van der Waals surface area contributed by atoms with E-state index in [2.05, 4.69) is 69.4 Å². The Hall–Kier alpha value is -2.89. The van der Waals surface area contributed by atoms with Crippen LogP contribution in [0.5, 0.6) is 0 Å². The van der Waals surface area contributed by atoms with Gasteiger partial charge in [0.25, 0.3) is 0 Å². The summed E-state index contributed by atoms with van der Waals surface area (Å²) in [4.78, 5) is 37.2. The Balaban J connectivity index is 4.47. The Bertz CT molecular complexity index is 913. The standard InChI is InChI=1S/C42H70O6/c1-4-7-10-13-16-18-19-20-21-22-23-24-27-29-32-35-41(44)47-38-39(37-46-40(43)34-31-28-25-15-12-9-6-3)48-42(45)36-33-30-26-17-14-11-8-5-2/h7,10,16,18,20-21,23-24,29,32,39H,4-6,8-9,11-15,17,19,22,25-28,30-31,33-38H2,1-3H3/b10-7-,18-16-,21-20-,24-23-,32-29-. The van der Waals surface area contributed by atoms with Gasteiger partial charge in [-0.15, -0.1) is 0 Å². The van der Waals surface area contributed by atoms with Crippen LogP contribution in [-0.2, 0) is 28.6 Å². The largest absolute Gasteiger partial charge is 0.462 e. The number of carbonyl (C=O) groups excluding carboxylic acids is 3. The molecule has 6 heteroatoms. The Morgan fingerprint density at radius 1 is 0.438 bits per heavy atom. The molecule has 0 aromatic carbocycles. The highest BCUT2D eigenvalue weighted by Crippen LogP contribution is 2.12. The fourth-order valence-corrected chi connectivity index (χ4v) is 4.92. The first-order valence-electron chi connectivity index (χ1n) is 19.3. The summed E-state index contributed by atoms with van der Waals surface area (Å²) in [5.74, 6) is -1.06. The number of carbonyl (C=O) groups is 3. The second kappa shape index (κ2) is 36.9. The summed E-state index contributed by atoms with van der Waals surface area (Å²) in [7, 11) is 0. The van der Waals surface area contributed by atoms with Crippen molar-refractivity contribution in [2.75, 3.05) is 13.2 Å². The molecule has 0 saturated carbocycles. The van der Waals surface area contributed by atoms with Crippen molar-refractivity contribution >= 4 is 17.9 Å². The first-order chi connectivity index (χ1) is 23.5. The van der Waals surface area contributed by atoms with E-state index in [0.29, 0.717) is 12.8 Å². The van der Waals surface area contributed by atoms with Crippen LogP contribution >= 0.6 is 0 Å². The zero-order valence-electron chi connectivity index (χ0n) is 31.0. The van der Waals surface area contributed by atoms with Crippen molar-refractivity contribution in [1.82, 2.24) is 0 Å². The predicted octanol–water partition coefficient (Wildman–Crippen LogP) is 11.8. The maximum atomic E-state index is 12.5. The number of hydrogen-bond donors (Lipinski definition) is 0. The van der Waals surface area contributed by atoms with Gasteiger partial charge in [-0.2, -0.15) is 0 Å². The van der Waals surface area contributed by atoms with Crippen LogP contribution in [0, 0.1) is 0 Å². The summed E-state index contributed by atoms with van der Waals surface area (Å²) in [6, 6.07) is 0. The van der Waals surface area contributed by atoms with Crippen LogP contribution in [0.2, 0.25) is 0 Å². The molecule has 0 heterocycles. The van der Waals surface area contributed by atoms with Gasteiger partial charge in [-0.3, -0.25) is 14.4 Å². The van der Waals surface area contributed by atoms with Crippen molar-refractivity contribution < 1.29 is 28.6 Å². The molecule has 0 saturated heterocycles. The lowest BCUT2D eigenvalue weighted by Gasteiger charge is -2.18. The van der Waals surface area contributed by atoms with E-state index in [9.17, 15) is 14.4 Å². The predicted molar refractivity (Wildman–Crippen MR) is 201 cm³/mol. The van der Waals surface area contributed by atoms with Crippen molar-refractivity contribution in [2.24, 2.45) is 0 Å². The monoisotopic (exact) mass is 671 g/mol. The molecule has 0 aliphatic heterocycles. The van der Waals surface area contributed by atoms with Crippen molar-refractivity contribution in [3.8, 4) is 0 Å². The van der Waals surface area contributed by atoms with E-state index < -0.39 is 12.1 Å². The summed E-state index contributed by atoms with van der Waals surface area (Å²) < 4.78 is 16.4. The van der Waals surface area contributed by atoms with Crippen molar-refractivity contribution in [2.45, 2.75) is 175 Å². The van der Waals surface area contributed by atoms with Crippen molar-refractivity contribution in [3.05, 3.63) is 60.8 Å². The molecule has 0 aliphatic rings. The molecule has 0 spiro atoms. The average Bonchev–Trinajstić information content (AvgIpc) is 3.08. The van der Waals surface area contributed by atoms with E-state index in [4.69, 9.17) is 14.2 Å². The topological polar surface area (TPSA) is 78.9 Å². The number of esters is 3.